The maximum Gasteiger partial charge on any atom is 0.246 e. The first-order valence-electron chi connectivity index (χ1n) is 9.56. The van der Waals surface area contributed by atoms with Crippen LogP contribution < -0.4 is 10.0 Å². The van der Waals surface area contributed by atoms with Gasteiger partial charge in [0.2, 0.25) is 15.9 Å². The Labute approximate surface area is 165 Å². The molecule has 0 radical (unpaired) electrons. The number of carbonyl (C=O) groups excluding carboxylic acids is 1. The lowest BCUT2D eigenvalue weighted by molar-refractivity contribution is -0.123. The lowest BCUT2D eigenvalue weighted by atomic mass is 9.89. The lowest BCUT2D eigenvalue weighted by Gasteiger charge is -2.21. The first kappa shape index (κ1) is 20.5. The molecule has 0 fully saturated rings. The van der Waals surface area contributed by atoms with Gasteiger partial charge in [-0.1, -0.05) is 23.4 Å². The van der Waals surface area contributed by atoms with Crippen LogP contribution in [0.5, 0.6) is 0 Å². The van der Waals surface area contributed by atoms with Gasteiger partial charge in [-0.3, -0.25) is 4.79 Å². The second-order valence-corrected chi connectivity index (χ2v) is 9.11. The van der Waals surface area contributed by atoms with Crippen molar-refractivity contribution in [3.63, 3.8) is 0 Å². The zero-order chi connectivity index (χ0) is 20.5. The van der Waals surface area contributed by atoms with Gasteiger partial charge in [-0.15, -0.1) is 0 Å². The van der Waals surface area contributed by atoms with E-state index in [0.29, 0.717) is 0 Å². The van der Waals surface area contributed by atoms with Crippen molar-refractivity contribution in [2.75, 3.05) is 0 Å². The highest BCUT2D eigenvalue weighted by Gasteiger charge is 2.28. The molecule has 2 N–H and O–H groups in total. The smallest absolute Gasteiger partial charge is 0.246 e. The number of hydrogen-bond donors (Lipinski definition) is 2. The fourth-order valence-electron chi connectivity index (χ4n) is 3.65. The van der Waals surface area contributed by atoms with Crippen molar-refractivity contribution in [2.45, 2.75) is 70.4 Å². The van der Waals surface area contributed by atoms with Gasteiger partial charge in [0.05, 0.1) is 12.1 Å². The van der Waals surface area contributed by atoms with E-state index in [0.717, 1.165) is 18.4 Å². The number of benzene rings is 1. The van der Waals surface area contributed by atoms with E-state index in [1.54, 1.807) is 6.92 Å². The van der Waals surface area contributed by atoms with Gasteiger partial charge in [-0.2, -0.15) is 4.72 Å². The number of fused-ring (bicyclic) bond motifs is 1. The quantitative estimate of drug-likeness (QED) is 0.769. The number of amides is 1. The summed E-state index contributed by atoms with van der Waals surface area (Å²) in [7, 11) is -3.90. The van der Waals surface area contributed by atoms with Gasteiger partial charge < -0.3 is 9.84 Å². The maximum absolute atomic E-state index is 12.6. The molecule has 0 unspecified atom stereocenters. The van der Waals surface area contributed by atoms with Crippen LogP contribution in [0.4, 0.5) is 0 Å². The van der Waals surface area contributed by atoms with E-state index >= 15 is 0 Å². The standard InChI is InChI=1S/C20H27N3O4S/c1-12(17-10-9-16-7-5-6-8-18(16)11-17)21-20(24)14(3)23-28(25,26)19-13(2)22-27-15(19)4/h9-12,14,23H,5-8H2,1-4H3,(H,21,24)/t12-,14-/m1/s1. The molecule has 0 spiro atoms. The van der Waals surface area contributed by atoms with E-state index in [2.05, 4.69) is 27.3 Å². The third-order valence-electron chi connectivity index (χ3n) is 5.19. The van der Waals surface area contributed by atoms with Crippen LogP contribution in [0.1, 0.15) is 60.9 Å². The van der Waals surface area contributed by atoms with Crippen LogP contribution in [0.25, 0.3) is 0 Å². The molecule has 1 heterocycles. The third kappa shape index (κ3) is 4.28. The van der Waals surface area contributed by atoms with E-state index < -0.39 is 16.1 Å². The van der Waals surface area contributed by atoms with Crippen molar-refractivity contribution in [1.29, 1.82) is 0 Å². The summed E-state index contributed by atoms with van der Waals surface area (Å²) < 4.78 is 32.5. The normalized spacial score (nSPS) is 16.3. The summed E-state index contributed by atoms with van der Waals surface area (Å²) in [5.74, 6) is -0.194. The molecular weight excluding hydrogens is 378 g/mol. The Balaban J connectivity index is 1.67. The average Bonchev–Trinajstić information content (AvgIpc) is 3.00. The number of nitrogens with zero attached hydrogens (tertiary/aromatic N) is 1. The Morgan fingerprint density at radius 2 is 1.82 bits per heavy atom. The van der Waals surface area contributed by atoms with Crippen molar-refractivity contribution < 1.29 is 17.7 Å². The number of hydrogen-bond acceptors (Lipinski definition) is 5. The minimum atomic E-state index is -3.90. The summed E-state index contributed by atoms with van der Waals surface area (Å²) in [4.78, 5) is 12.5. The largest absolute Gasteiger partial charge is 0.360 e. The molecule has 3 rings (SSSR count). The Bertz CT molecular complexity index is 962. The number of nitrogens with one attached hydrogen (secondary N) is 2. The van der Waals surface area contributed by atoms with Crippen molar-refractivity contribution in [2.24, 2.45) is 0 Å². The molecule has 7 nitrogen and oxygen atoms in total. The zero-order valence-corrected chi connectivity index (χ0v) is 17.5. The van der Waals surface area contributed by atoms with Gasteiger partial charge in [0.1, 0.15) is 10.6 Å². The highest BCUT2D eigenvalue weighted by molar-refractivity contribution is 7.89. The maximum atomic E-state index is 12.6. The molecule has 2 atom stereocenters. The van der Waals surface area contributed by atoms with Crippen LogP contribution in [0.3, 0.4) is 0 Å². The van der Waals surface area contributed by atoms with Gasteiger partial charge in [0.25, 0.3) is 0 Å². The predicted molar refractivity (Wildman–Crippen MR) is 105 cm³/mol. The molecule has 0 bridgehead atoms. The second-order valence-electron chi connectivity index (χ2n) is 7.46. The first-order valence-corrected chi connectivity index (χ1v) is 11.0. The zero-order valence-electron chi connectivity index (χ0n) is 16.7. The molecule has 0 aliphatic heterocycles. The third-order valence-corrected chi connectivity index (χ3v) is 6.98. The molecule has 1 aliphatic rings. The number of carbonyl (C=O) groups is 1. The minimum Gasteiger partial charge on any atom is -0.360 e. The van der Waals surface area contributed by atoms with Crippen LogP contribution in [0.15, 0.2) is 27.6 Å². The van der Waals surface area contributed by atoms with Gasteiger partial charge >= 0.3 is 0 Å². The Morgan fingerprint density at radius 1 is 1.14 bits per heavy atom. The molecule has 1 aromatic carbocycles. The number of aryl methyl sites for hydroxylation is 4. The van der Waals surface area contributed by atoms with Crippen LogP contribution in [-0.4, -0.2) is 25.5 Å². The molecular formula is C20H27N3O4S. The molecule has 1 aliphatic carbocycles. The molecule has 0 saturated heterocycles. The van der Waals surface area contributed by atoms with E-state index in [9.17, 15) is 13.2 Å². The van der Waals surface area contributed by atoms with Gasteiger partial charge in [-0.25, -0.2) is 8.42 Å². The van der Waals surface area contributed by atoms with Crippen molar-refractivity contribution in [3.8, 4) is 0 Å². The van der Waals surface area contributed by atoms with E-state index in [-0.39, 0.29) is 28.3 Å². The first-order chi connectivity index (χ1) is 13.2. The summed E-state index contributed by atoms with van der Waals surface area (Å²) in [6.45, 7) is 6.49. The topological polar surface area (TPSA) is 101 Å². The Hall–Kier alpha value is -2.19. The van der Waals surface area contributed by atoms with Crippen molar-refractivity contribution >= 4 is 15.9 Å². The van der Waals surface area contributed by atoms with E-state index in [4.69, 9.17) is 4.52 Å². The summed E-state index contributed by atoms with van der Waals surface area (Å²) in [5.41, 5.74) is 4.01. The summed E-state index contributed by atoms with van der Waals surface area (Å²) in [5, 5.41) is 6.56. The number of aromatic nitrogens is 1. The van der Waals surface area contributed by atoms with E-state index in [1.807, 2.05) is 13.0 Å². The summed E-state index contributed by atoms with van der Waals surface area (Å²) in [6, 6.07) is 5.17. The molecule has 2 aromatic rings. The fourth-order valence-corrected chi connectivity index (χ4v) is 5.18. The predicted octanol–water partition coefficient (Wildman–Crippen LogP) is 2.71. The molecule has 8 heteroatoms. The van der Waals surface area contributed by atoms with Crippen LogP contribution in [-0.2, 0) is 27.7 Å². The number of sulfonamides is 1. The molecule has 152 valence electrons. The Kier molecular flexibility index (Phi) is 5.90. The van der Waals surface area contributed by atoms with E-state index in [1.165, 1.54) is 37.8 Å². The minimum absolute atomic E-state index is 0.0186. The Morgan fingerprint density at radius 3 is 2.46 bits per heavy atom. The summed E-state index contributed by atoms with van der Waals surface area (Å²) >= 11 is 0. The van der Waals surface area contributed by atoms with Crippen LogP contribution >= 0.6 is 0 Å². The highest BCUT2D eigenvalue weighted by Crippen LogP contribution is 2.25. The SMILES string of the molecule is Cc1noc(C)c1S(=O)(=O)N[C@H](C)C(=O)N[C@H](C)c1ccc2c(c1)CCCC2. The molecule has 28 heavy (non-hydrogen) atoms. The summed E-state index contributed by atoms with van der Waals surface area (Å²) in [6.07, 6.45) is 4.59. The van der Waals surface area contributed by atoms with Crippen LogP contribution in [0.2, 0.25) is 0 Å². The lowest BCUT2D eigenvalue weighted by Crippen LogP contribution is -2.45. The van der Waals surface area contributed by atoms with Crippen LogP contribution in [0, 0.1) is 13.8 Å². The van der Waals surface area contributed by atoms with Gasteiger partial charge in [-0.05, 0) is 70.1 Å². The second kappa shape index (κ2) is 8.05. The highest BCUT2D eigenvalue weighted by atomic mass is 32.2. The number of rotatable bonds is 6. The van der Waals surface area contributed by atoms with Crippen molar-refractivity contribution in [3.05, 3.63) is 46.3 Å². The monoisotopic (exact) mass is 405 g/mol. The molecule has 1 amide bonds. The van der Waals surface area contributed by atoms with Gasteiger partial charge in [0, 0.05) is 0 Å². The molecule has 0 saturated carbocycles. The van der Waals surface area contributed by atoms with Gasteiger partial charge in [0.15, 0.2) is 5.76 Å². The van der Waals surface area contributed by atoms with Crippen molar-refractivity contribution in [1.82, 2.24) is 15.2 Å². The fraction of sp³-hybridized carbons (Fsp3) is 0.500. The average molecular weight is 406 g/mol. The molecule has 1 aromatic heterocycles.